The number of benzene rings is 2. The molecular formula is C22H21N3O4S. The Balaban J connectivity index is 1.59. The molecule has 2 aromatic carbocycles. The van der Waals surface area contributed by atoms with Gasteiger partial charge in [-0.1, -0.05) is 18.2 Å². The van der Waals surface area contributed by atoms with Crippen molar-refractivity contribution >= 4 is 23.3 Å². The normalized spacial score (nSPS) is 16.3. The van der Waals surface area contributed by atoms with Crippen molar-refractivity contribution in [1.82, 2.24) is 9.88 Å². The van der Waals surface area contributed by atoms with Gasteiger partial charge < -0.3 is 20.5 Å². The molecule has 1 aromatic heterocycles. The van der Waals surface area contributed by atoms with E-state index in [0.717, 1.165) is 29.2 Å². The molecule has 154 valence electrons. The lowest BCUT2D eigenvalue weighted by atomic mass is 9.99. The van der Waals surface area contributed by atoms with Crippen molar-refractivity contribution in [2.75, 3.05) is 13.1 Å². The molecule has 1 fully saturated rings. The van der Waals surface area contributed by atoms with Gasteiger partial charge in [0.2, 0.25) is 0 Å². The van der Waals surface area contributed by atoms with Crippen molar-refractivity contribution in [1.29, 1.82) is 0 Å². The molecule has 1 saturated heterocycles. The number of nitrogens with two attached hydrogens (primary N) is 1. The quantitative estimate of drug-likeness (QED) is 0.626. The maximum atomic E-state index is 12.0. The van der Waals surface area contributed by atoms with Gasteiger partial charge in [-0.05, 0) is 54.8 Å². The number of likely N-dealkylation sites (tertiary alicyclic amines) is 1. The second kappa shape index (κ2) is 8.54. The second-order valence-corrected chi connectivity index (χ2v) is 8.13. The zero-order valence-corrected chi connectivity index (χ0v) is 17.0. The van der Waals surface area contributed by atoms with Crippen LogP contribution in [0.3, 0.4) is 0 Å². The van der Waals surface area contributed by atoms with Crippen LogP contribution in [0, 0.1) is 0 Å². The SMILES string of the molecule is NC(=O)c1nc(C2CCCN(C(=O)O)C2)sc1-c1ccc(Oc2ccccc2)cc1. The average Bonchev–Trinajstić information content (AvgIpc) is 3.21. The molecule has 3 aromatic rings. The average molecular weight is 423 g/mol. The minimum Gasteiger partial charge on any atom is -0.465 e. The third-order valence-corrected chi connectivity index (χ3v) is 6.28. The Morgan fingerprint density at radius 2 is 1.80 bits per heavy atom. The number of nitrogens with zero attached hydrogens (tertiary/aromatic N) is 2. The molecule has 0 spiro atoms. The Labute approximate surface area is 177 Å². The Kier molecular flexibility index (Phi) is 5.67. The van der Waals surface area contributed by atoms with Gasteiger partial charge >= 0.3 is 6.09 Å². The molecule has 8 heteroatoms. The molecule has 1 aliphatic heterocycles. The molecule has 0 radical (unpaired) electrons. The lowest BCUT2D eigenvalue weighted by molar-refractivity contribution is 0.0995. The first-order valence-corrected chi connectivity index (χ1v) is 10.4. The summed E-state index contributed by atoms with van der Waals surface area (Å²) < 4.78 is 5.82. The van der Waals surface area contributed by atoms with E-state index in [4.69, 9.17) is 10.5 Å². The number of carboxylic acid groups (broad SMARTS) is 1. The summed E-state index contributed by atoms with van der Waals surface area (Å²) in [6.45, 7) is 0.903. The third-order valence-electron chi connectivity index (χ3n) is 5.01. The van der Waals surface area contributed by atoms with Crippen LogP contribution < -0.4 is 10.5 Å². The fraction of sp³-hybridized carbons (Fsp3) is 0.227. The third kappa shape index (κ3) is 4.28. The van der Waals surface area contributed by atoms with Gasteiger partial charge in [-0.25, -0.2) is 9.78 Å². The molecule has 30 heavy (non-hydrogen) atoms. The number of rotatable bonds is 5. The Hall–Kier alpha value is -3.39. The van der Waals surface area contributed by atoms with Gasteiger partial charge in [0.1, 0.15) is 17.2 Å². The maximum absolute atomic E-state index is 12.0. The first-order valence-electron chi connectivity index (χ1n) is 9.63. The van der Waals surface area contributed by atoms with Gasteiger partial charge in [-0.15, -0.1) is 11.3 Å². The molecule has 1 unspecified atom stereocenters. The van der Waals surface area contributed by atoms with Gasteiger partial charge in [-0.2, -0.15) is 0 Å². The molecular weight excluding hydrogens is 402 g/mol. The van der Waals surface area contributed by atoms with Crippen LogP contribution in [0.15, 0.2) is 54.6 Å². The van der Waals surface area contributed by atoms with Crippen LogP contribution in [-0.2, 0) is 0 Å². The smallest absolute Gasteiger partial charge is 0.407 e. The summed E-state index contributed by atoms with van der Waals surface area (Å²) in [5, 5.41) is 10.0. The summed E-state index contributed by atoms with van der Waals surface area (Å²) in [5.74, 6) is 0.790. The van der Waals surface area contributed by atoms with E-state index in [-0.39, 0.29) is 11.6 Å². The molecule has 1 aliphatic rings. The molecule has 2 amide bonds. The lowest BCUT2D eigenvalue weighted by Crippen LogP contribution is -2.38. The highest BCUT2D eigenvalue weighted by Gasteiger charge is 2.28. The van der Waals surface area contributed by atoms with E-state index in [2.05, 4.69) is 4.98 Å². The summed E-state index contributed by atoms with van der Waals surface area (Å²) in [6, 6.07) is 16.9. The first kappa shape index (κ1) is 19.9. The fourth-order valence-electron chi connectivity index (χ4n) is 3.53. The van der Waals surface area contributed by atoms with Crippen molar-refractivity contribution in [3.63, 3.8) is 0 Å². The van der Waals surface area contributed by atoms with E-state index in [1.165, 1.54) is 16.2 Å². The molecule has 4 rings (SSSR count). The molecule has 0 aliphatic carbocycles. The van der Waals surface area contributed by atoms with E-state index in [1.807, 2.05) is 54.6 Å². The minimum absolute atomic E-state index is 0.0348. The number of hydrogen-bond donors (Lipinski definition) is 2. The van der Waals surface area contributed by atoms with Gasteiger partial charge in [0.05, 0.1) is 9.88 Å². The Morgan fingerprint density at radius 3 is 2.47 bits per heavy atom. The van der Waals surface area contributed by atoms with Gasteiger partial charge in [0.15, 0.2) is 0 Å². The topological polar surface area (TPSA) is 106 Å². The minimum atomic E-state index is -0.930. The summed E-state index contributed by atoms with van der Waals surface area (Å²) in [5.41, 5.74) is 6.62. The van der Waals surface area contributed by atoms with Crippen molar-refractivity contribution in [2.24, 2.45) is 5.73 Å². The second-order valence-electron chi connectivity index (χ2n) is 7.10. The van der Waals surface area contributed by atoms with E-state index >= 15 is 0 Å². The summed E-state index contributed by atoms with van der Waals surface area (Å²) >= 11 is 1.40. The highest BCUT2D eigenvalue weighted by Crippen LogP contribution is 2.37. The molecule has 2 heterocycles. The largest absolute Gasteiger partial charge is 0.465 e. The zero-order valence-electron chi connectivity index (χ0n) is 16.2. The van der Waals surface area contributed by atoms with Crippen LogP contribution in [0.2, 0.25) is 0 Å². The predicted octanol–water partition coefficient (Wildman–Crippen LogP) is 4.56. The maximum Gasteiger partial charge on any atom is 0.407 e. The fourth-order valence-corrected chi connectivity index (χ4v) is 4.73. The van der Waals surface area contributed by atoms with Crippen LogP contribution in [0.25, 0.3) is 10.4 Å². The summed E-state index contributed by atoms with van der Waals surface area (Å²) in [6.07, 6.45) is 0.669. The highest BCUT2D eigenvalue weighted by atomic mass is 32.1. The molecule has 0 bridgehead atoms. The number of hydrogen-bond acceptors (Lipinski definition) is 5. The van der Waals surface area contributed by atoms with Gasteiger partial charge in [0.25, 0.3) is 5.91 Å². The number of primary amides is 1. The van der Waals surface area contributed by atoms with Crippen LogP contribution in [0.1, 0.15) is 34.3 Å². The highest BCUT2D eigenvalue weighted by molar-refractivity contribution is 7.15. The number of thiazole rings is 1. The van der Waals surface area contributed by atoms with Crippen molar-refractivity contribution in [2.45, 2.75) is 18.8 Å². The summed E-state index contributed by atoms with van der Waals surface area (Å²) in [4.78, 5) is 29.9. The first-order chi connectivity index (χ1) is 14.5. The van der Waals surface area contributed by atoms with Crippen LogP contribution >= 0.6 is 11.3 Å². The Morgan fingerprint density at radius 1 is 1.10 bits per heavy atom. The number of piperidine rings is 1. The van der Waals surface area contributed by atoms with Gasteiger partial charge in [-0.3, -0.25) is 4.79 Å². The molecule has 1 atom stereocenters. The van der Waals surface area contributed by atoms with E-state index in [9.17, 15) is 14.7 Å². The number of aromatic nitrogens is 1. The Bertz CT molecular complexity index is 1050. The van der Waals surface area contributed by atoms with Crippen LogP contribution in [-0.4, -0.2) is 40.1 Å². The van der Waals surface area contributed by atoms with Crippen LogP contribution in [0.4, 0.5) is 4.79 Å². The number of para-hydroxylation sites is 1. The van der Waals surface area contributed by atoms with E-state index in [0.29, 0.717) is 23.7 Å². The standard InChI is InChI=1S/C22H21N3O4S/c23-20(26)18-19(30-21(24-18)15-5-4-12-25(13-15)22(27)28)14-8-10-17(11-9-14)29-16-6-2-1-3-7-16/h1-3,6-11,15H,4-5,12-13H2,(H2,23,26)(H,27,28). The summed E-state index contributed by atoms with van der Waals surface area (Å²) in [7, 11) is 0. The zero-order chi connectivity index (χ0) is 21.1. The number of carbonyl (C=O) groups excluding carboxylic acids is 1. The van der Waals surface area contributed by atoms with E-state index in [1.54, 1.807) is 0 Å². The molecule has 0 saturated carbocycles. The monoisotopic (exact) mass is 423 g/mol. The molecule has 3 N–H and O–H groups in total. The lowest BCUT2D eigenvalue weighted by Gasteiger charge is -2.29. The van der Waals surface area contributed by atoms with Crippen molar-refractivity contribution < 1.29 is 19.4 Å². The number of amides is 2. The number of ether oxygens (including phenoxy) is 1. The van der Waals surface area contributed by atoms with E-state index < -0.39 is 12.0 Å². The van der Waals surface area contributed by atoms with Gasteiger partial charge in [0, 0.05) is 19.0 Å². The predicted molar refractivity (Wildman–Crippen MR) is 114 cm³/mol. The van der Waals surface area contributed by atoms with Crippen molar-refractivity contribution in [3.05, 3.63) is 65.3 Å². The number of carbonyl (C=O) groups is 2. The van der Waals surface area contributed by atoms with Crippen molar-refractivity contribution in [3.8, 4) is 21.9 Å². The van der Waals surface area contributed by atoms with Crippen LogP contribution in [0.5, 0.6) is 11.5 Å². The molecule has 7 nitrogen and oxygen atoms in total.